The Hall–Kier alpha value is -1.66. The third-order valence-electron chi connectivity index (χ3n) is 5.10. The van der Waals surface area contributed by atoms with E-state index in [1.165, 1.54) is 0 Å². The minimum Gasteiger partial charge on any atom is -0.388 e. The van der Waals surface area contributed by atoms with Gasteiger partial charge >= 0.3 is 0 Å². The van der Waals surface area contributed by atoms with Crippen LogP contribution in [0.3, 0.4) is 0 Å². The van der Waals surface area contributed by atoms with Gasteiger partial charge in [-0.25, -0.2) is 0 Å². The maximum atomic E-state index is 11.7. The molecular formula is C23H38N2O4. The van der Waals surface area contributed by atoms with Crippen molar-refractivity contribution in [3.63, 3.8) is 0 Å². The molecule has 0 aliphatic heterocycles. The van der Waals surface area contributed by atoms with Crippen LogP contribution in [0.5, 0.6) is 0 Å². The second-order valence-corrected chi connectivity index (χ2v) is 9.74. The predicted molar refractivity (Wildman–Crippen MR) is 114 cm³/mol. The summed E-state index contributed by atoms with van der Waals surface area (Å²) >= 11 is 0. The number of nitrogens with one attached hydrogen (secondary N) is 2. The molecule has 6 heteroatoms. The average molecular weight is 407 g/mol. The maximum absolute atomic E-state index is 11.7. The van der Waals surface area contributed by atoms with E-state index in [2.05, 4.69) is 38.3 Å². The number of ether oxygens (including phenoxy) is 2. The van der Waals surface area contributed by atoms with Crippen molar-refractivity contribution < 1.29 is 19.1 Å². The van der Waals surface area contributed by atoms with Crippen LogP contribution in [-0.4, -0.2) is 51.1 Å². The molecule has 2 aliphatic carbocycles. The van der Waals surface area contributed by atoms with E-state index in [9.17, 15) is 9.59 Å². The Morgan fingerprint density at radius 1 is 0.724 bits per heavy atom. The molecule has 2 N–H and O–H groups in total. The first-order valence-electron chi connectivity index (χ1n) is 10.8. The number of carbonyl (C=O) groups is 2. The molecule has 0 aromatic heterocycles. The summed E-state index contributed by atoms with van der Waals surface area (Å²) in [5.74, 6) is 0.407. The van der Waals surface area contributed by atoms with Gasteiger partial charge in [0.1, 0.15) is 0 Å². The first kappa shape index (κ1) is 23.6. The molecule has 0 fully saturated rings. The lowest BCUT2D eigenvalue weighted by Gasteiger charge is -2.29. The molecule has 0 aromatic rings. The van der Waals surface area contributed by atoms with E-state index in [0.29, 0.717) is 45.8 Å². The minimum atomic E-state index is 0.0387. The van der Waals surface area contributed by atoms with Gasteiger partial charge < -0.3 is 20.1 Å². The Balaban J connectivity index is 1.43. The average Bonchev–Trinajstić information content (AvgIpc) is 2.56. The fourth-order valence-corrected chi connectivity index (χ4v) is 3.95. The largest absolute Gasteiger partial charge is 0.388 e. The number of carbonyl (C=O) groups excluding carboxylic acids is 2. The molecule has 0 saturated heterocycles. The highest BCUT2D eigenvalue weighted by Gasteiger charge is 2.28. The van der Waals surface area contributed by atoms with Gasteiger partial charge in [0.05, 0.1) is 19.8 Å². The van der Waals surface area contributed by atoms with Crippen LogP contribution in [0.15, 0.2) is 23.5 Å². The topological polar surface area (TPSA) is 76.7 Å². The summed E-state index contributed by atoms with van der Waals surface area (Å²) in [6.07, 6.45) is 7.44. The van der Waals surface area contributed by atoms with E-state index >= 15 is 0 Å². The molecule has 6 nitrogen and oxygen atoms in total. The third-order valence-corrected chi connectivity index (χ3v) is 5.10. The lowest BCUT2D eigenvalue weighted by atomic mass is 9.79. The molecule has 164 valence electrons. The Morgan fingerprint density at radius 3 is 1.72 bits per heavy atom. The van der Waals surface area contributed by atoms with Crippen molar-refractivity contribution in [1.29, 1.82) is 0 Å². The second kappa shape index (κ2) is 10.9. The Bertz CT molecular complexity index is 581. The molecule has 2 aliphatic rings. The van der Waals surface area contributed by atoms with Gasteiger partial charge in [0.2, 0.25) is 0 Å². The lowest BCUT2D eigenvalue weighted by Crippen LogP contribution is -2.29. The van der Waals surface area contributed by atoms with Gasteiger partial charge in [-0.3, -0.25) is 9.59 Å². The van der Waals surface area contributed by atoms with Crippen LogP contribution in [0.4, 0.5) is 0 Å². The van der Waals surface area contributed by atoms with Crippen molar-refractivity contribution >= 4 is 11.6 Å². The number of hydrogen-bond acceptors (Lipinski definition) is 6. The van der Waals surface area contributed by atoms with Gasteiger partial charge in [0.15, 0.2) is 11.6 Å². The fourth-order valence-electron chi connectivity index (χ4n) is 3.95. The Kier molecular flexibility index (Phi) is 8.90. The van der Waals surface area contributed by atoms with Gasteiger partial charge in [0, 0.05) is 56.1 Å². The monoisotopic (exact) mass is 406 g/mol. The van der Waals surface area contributed by atoms with Gasteiger partial charge in [0.25, 0.3) is 0 Å². The summed E-state index contributed by atoms with van der Waals surface area (Å²) in [6, 6.07) is 0. The first-order chi connectivity index (χ1) is 13.7. The van der Waals surface area contributed by atoms with E-state index in [1.807, 2.05) is 0 Å². The number of allylic oxidation sites excluding steroid dienone is 4. The number of rotatable bonds is 12. The third kappa shape index (κ3) is 9.59. The molecule has 2 rings (SSSR count). The van der Waals surface area contributed by atoms with Crippen LogP contribution in [0.25, 0.3) is 0 Å². The zero-order valence-electron chi connectivity index (χ0n) is 18.6. The van der Waals surface area contributed by atoms with Crippen LogP contribution in [0.2, 0.25) is 0 Å². The first-order valence-corrected chi connectivity index (χ1v) is 10.8. The molecule has 29 heavy (non-hydrogen) atoms. The van der Waals surface area contributed by atoms with E-state index in [-0.39, 0.29) is 22.4 Å². The number of hydrogen-bond donors (Lipinski definition) is 2. The second-order valence-electron chi connectivity index (χ2n) is 9.74. The van der Waals surface area contributed by atoms with Crippen molar-refractivity contribution in [2.75, 3.05) is 39.5 Å². The van der Waals surface area contributed by atoms with Gasteiger partial charge in [-0.15, -0.1) is 0 Å². The molecule has 0 unspecified atom stereocenters. The van der Waals surface area contributed by atoms with E-state index in [0.717, 1.165) is 37.2 Å². The summed E-state index contributed by atoms with van der Waals surface area (Å²) < 4.78 is 11.2. The van der Waals surface area contributed by atoms with Crippen molar-refractivity contribution in [3.05, 3.63) is 23.5 Å². The summed E-state index contributed by atoms with van der Waals surface area (Å²) in [7, 11) is 0. The summed E-state index contributed by atoms with van der Waals surface area (Å²) in [6.45, 7) is 12.4. The van der Waals surface area contributed by atoms with Crippen LogP contribution in [0.1, 0.15) is 59.8 Å². The van der Waals surface area contributed by atoms with E-state index in [4.69, 9.17) is 9.47 Å². The zero-order valence-corrected chi connectivity index (χ0v) is 18.6. The maximum Gasteiger partial charge on any atom is 0.157 e. The minimum absolute atomic E-state index is 0.0387. The summed E-state index contributed by atoms with van der Waals surface area (Å²) in [5.41, 5.74) is 2.14. The van der Waals surface area contributed by atoms with Gasteiger partial charge in [-0.2, -0.15) is 0 Å². The van der Waals surface area contributed by atoms with Crippen molar-refractivity contribution in [2.24, 2.45) is 10.8 Å². The smallest absolute Gasteiger partial charge is 0.157 e. The summed E-state index contributed by atoms with van der Waals surface area (Å²) in [4.78, 5) is 23.4. The van der Waals surface area contributed by atoms with Crippen molar-refractivity contribution in [3.8, 4) is 0 Å². The van der Waals surface area contributed by atoms with Crippen LogP contribution in [0, 0.1) is 10.8 Å². The van der Waals surface area contributed by atoms with Crippen LogP contribution < -0.4 is 10.6 Å². The SMILES string of the molecule is CC1(C)CC(=O)C=C(NCCCOCCOCCNC2=CC(=O)CC(C)(C)C2)C1. The standard InChI is InChI=1S/C23H38N2O4/c1-22(2)14-18(12-20(26)16-22)24-6-5-8-28-10-11-29-9-7-25-19-13-21(27)17-23(3,4)15-19/h12-13,24-25H,5-11,14-17H2,1-4H3. The zero-order chi connectivity index (χ0) is 21.3. The van der Waals surface area contributed by atoms with E-state index in [1.54, 1.807) is 12.2 Å². The molecular weight excluding hydrogens is 368 g/mol. The Morgan fingerprint density at radius 2 is 1.21 bits per heavy atom. The van der Waals surface area contributed by atoms with Crippen LogP contribution >= 0.6 is 0 Å². The molecule has 0 spiro atoms. The Labute approximate surface area is 175 Å². The molecule has 0 atom stereocenters. The molecule has 0 aromatic carbocycles. The van der Waals surface area contributed by atoms with Crippen molar-refractivity contribution in [1.82, 2.24) is 10.6 Å². The quantitative estimate of drug-likeness (QED) is 0.485. The molecule has 0 amide bonds. The van der Waals surface area contributed by atoms with Crippen LogP contribution in [-0.2, 0) is 19.1 Å². The highest BCUT2D eigenvalue weighted by Crippen LogP contribution is 2.33. The van der Waals surface area contributed by atoms with Crippen molar-refractivity contribution in [2.45, 2.75) is 59.8 Å². The number of ketones is 2. The summed E-state index contributed by atoms with van der Waals surface area (Å²) in [5, 5.41) is 6.66. The highest BCUT2D eigenvalue weighted by atomic mass is 16.5. The fraction of sp³-hybridized carbons (Fsp3) is 0.739. The molecule has 0 bridgehead atoms. The molecule has 0 heterocycles. The molecule has 0 saturated carbocycles. The predicted octanol–water partition coefficient (Wildman–Crippen LogP) is 3.13. The lowest BCUT2D eigenvalue weighted by molar-refractivity contribution is -0.118. The molecule has 0 radical (unpaired) electrons. The van der Waals surface area contributed by atoms with Gasteiger partial charge in [-0.05, 0) is 30.1 Å². The normalized spacial score (nSPS) is 20.8. The van der Waals surface area contributed by atoms with Gasteiger partial charge in [-0.1, -0.05) is 27.7 Å². The highest BCUT2D eigenvalue weighted by molar-refractivity contribution is 5.92. The van der Waals surface area contributed by atoms with E-state index < -0.39 is 0 Å².